The van der Waals surface area contributed by atoms with E-state index in [9.17, 15) is 4.79 Å². The van der Waals surface area contributed by atoms with Gasteiger partial charge in [-0.1, -0.05) is 6.07 Å². The third-order valence-corrected chi connectivity index (χ3v) is 7.20. The van der Waals surface area contributed by atoms with Crippen LogP contribution in [0.3, 0.4) is 0 Å². The minimum absolute atomic E-state index is 0.149. The van der Waals surface area contributed by atoms with Crippen LogP contribution in [-0.2, 0) is 17.8 Å². The number of hydrogen-bond acceptors (Lipinski definition) is 6. The number of amides is 1. The molecule has 2 aliphatic heterocycles. The maximum absolute atomic E-state index is 12.9. The molecule has 4 aromatic rings. The highest BCUT2D eigenvalue weighted by atomic mass is 16.7. The van der Waals surface area contributed by atoms with Crippen LogP contribution in [0.4, 0.5) is 0 Å². The van der Waals surface area contributed by atoms with E-state index in [2.05, 4.69) is 26.7 Å². The highest BCUT2D eigenvalue weighted by molar-refractivity contribution is 5.95. The van der Waals surface area contributed by atoms with Crippen LogP contribution >= 0.6 is 0 Å². The molecule has 0 bridgehead atoms. The predicted octanol–water partition coefficient (Wildman–Crippen LogP) is 4.20. The van der Waals surface area contributed by atoms with Gasteiger partial charge in [0, 0.05) is 73.1 Å². The summed E-state index contributed by atoms with van der Waals surface area (Å²) in [5.41, 5.74) is 5.56. The van der Waals surface area contributed by atoms with Crippen molar-refractivity contribution in [1.82, 2.24) is 20.6 Å². The Labute approximate surface area is 215 Å². The van der Waals surface area contributed by atoms with E-state index in [4.69, 9.17) is 14.2 Å². The summed E-state index contributed by atoms with van der Waals surface area (Å²) in [6.45, 7) is 2.81. The quantitative estimate of drug-likeness (QED) is 0.369. The molecule has 0 aliphatic carbocycles. The number of aromatic nitrogens is 2. The van der Waals surface area contributed by atoms with Gasteiger partial charge in [0.1, 0.15) is 11.5 Å². The molecule has 0 saturated carbocycles. The summed E-state index contributed by atoms with van der Waals surface area (Å²) in [5.74, 6) is 1.02. The fourth-order valence-corrected chi connectivity index (χ4v) is 5.09. The monoisotopic (exact) mass is 498 g/mol. The number of benzene rings is 2. The molecule has 2 aromatic heterocycles. The molecule has 1 spiro atoms. The molecular formula is C29H30N4O4. The molecule has 1 saturated heterocycles. The summed E-state index contributed by atoms with van der Waals surface area (Å²) in [6, 6.07) is 13.9. The lowest BCUT2D eigenvalue weighted by Gasteiger charge is -2.41. The van der Waals surface area contributed by atoms with Gasteiger partial charge in [-0.3, -0.25) is 9.78 Å². The second-order valence-corrected chi connectivity index (χ2v) is 9.57. The van der Waals surface area contributed by atoms with E-state index in [-0.39, 0.29) is 5.91 Å². The molecule has 2 aliphatic rings. The minimum atomic E-state index is -0.516. The van der Waals surface area contributed by atoms with Crippen LogP contribution < -0.4 is 20.1 Å². The van der Waals surface area contributed by atoms with Gasteiger partial charge >= 0.3 is 0 Å². The number of methoxy groups -OCH3 is 1. The van der Waals surface area contributed by atoms with Gasteiger partial charge in [0.05, 0.1) is 19.3 Å². The topological polar surface area (TPSA) is 97.5 Å². The first-order chi connectivity index (χ1) is 18.1. The molecule has 1 fully saturated rings. The highest BCUT2D eigenvalue weighted by Gasteiger charge is 2.38. The average molecular weight is 499 g/mol. The molecular weight excluding hydrogens is 468 g/mol. The fraction of sp³-hybridized carbons (Fsp3) is 0.310. The Kier molecular flexibility index (Phi) is 6.28. The van der Waals surface area contributed by atoms with Crippen molar-refractivity contribution in [3.8, 4) is 22.6 Å². The second-order valence-electron chi connectivity index (χ2n) is 9.57. The minimum Gasteiger partial charge on any atom is -0.497 e. The van der Waals surface area contributed by atoms with Crippen molar-refractivity contribution in [2.75, 3.05) is 26.7 Å². The average Bonchev–Trinajstić information content (AvgIpc) is 3.35. The van der Waals surface area contributed by atoms with Gasteiger partial charge in [-0.2, -0.15) is 0 Å². The molecule has 37 heavy (non-hydrogen) atoms. The van der Waals surface area contributed by atoms with Crippen LogP contribution in [0, 0.1) is 0 Å². The van der Waals surface area contributed by atoms with E-state index in [1.807, 2.05) is 42.6 Å². The van der Waals surface area contributed by atoms with E-state index < -0.39 is 5.79 Å². The van der Waals surface area contributed by atoms with E-state index in [1.165, 1.54) is 0 Å². The number of hydrogen-bond donors (Lipinski definition) is 3. The van der Waals surface area contributed by atoms with E-state index in [0.29, 0.717) is 25.1 Å². The molecule has 3 N–H and O–H groups in total. The number of carbonyl (C=O) groups excluding carboxylic acids is 1. The third kappa shape index (κ3) is 4.77. The Morgan fingerprint density at radius 3 is 2.86 bits per heavy atom. The zero-order chi connectivity index (χ0) is 25.2. The summed E-state index contributed by atoms with van der Waals surface area (Å²) < 4.78 is 17.8. The first-order valence-corrected chi connectivity index (χ1v) is 12.7. The van der Waals surface area contributed by atoms with Crippen LogP contribution in [0.2, 0.25) is 0 Å². The lowest BCUT2D eigenvalue weighted by atomic mass is 10.00. The Morgan fingerprint density at radius 2 is 2.00 bits per heavy atom. The van der Waals surface area contributed by atoms with Gasteiger partial charge in [0.15, 0.2) is 0 Å². The second kappa shape index (κ2) is 9.88. The van der Waals surface area contributed by atoms with E-state index in [0.717, 1.165) is 70.6 Å². The van der Waals surface area contributed by atoms with Crippen molar-refractivity contribution in [3.05, 3.63) is 77.7 Å². The maximum atomic E-state index is 12.9. The van der Waals surface area contributed by atoms with Crippen LogP contribution in [0.25, 0.3) is 22.0 Å². The highest BCUT2D eigenvalue weighted by Crippen LogP contribution is 2.38. The molecule has 4 heterocycles. The molecule has 0 radical (unpaired) electrons. The number of fused-ring (bicyclic) bond motifs is 2. The van der Waals surface area contributed by atoms with Crippen LogP contribution in [-0.4, -0.2) is 48.4 Å². The van der Waals surface area contributed by atoms with Crippen LogP contribution in [0.15, 0.2) is 61.1 Å². The predicted molar refractivity (Wildman–Crippen MR) is 141 cm³/mol. The Morgan fingerprint density at radius 1 is 1.11 bits per heavy atom. The Hall–Kier alpha value is -3.88. The molecule has 2 aromatic carbocycles. The van der Waals surface area contributed by atoms with Crippen molar-refractivity contribution < 1.29 is 19.0 Å². The zero-order valence-corrected chi connectivity index (χ0v) is 20.8. The van der Waals surface area contributed by atoms with E-state index in [1.54, 1.807) is 19.5 Å². The summed E-state index contributed by atoms with van der Waals surface area (Å²) in [7, 11) is 1.66. The van der Waals surface area contributed by atoms with E-state index >= 15 is 0 Å². The number of nitrogens with zero attached hydrogens (tertiary/aromatic N) is 1. The smallest absolute Gasteiger partial charge is 0.252 e. The number of pyridine rings is 1. The largest absolute Gasteiger partial charge is 0.497 e. The maximum Gasteiger partial charge on any atom is 0.252 e. The molecule has 8 nitrogen and oxygen atoms in total. The lowest BCUT2D eigenvalue weighted by molar-refractivity contribution is -0.218. The van der Waals surface area contributed by atoms with Crippen molar-refractivity contribution in [2.24, 2.45) is 0 Å². The van der Waals surface area contributed by atoms with Crippen molar-refractivity contribution in [2.45, 2.75) is 31.7 Å². The standard InChI is InChI=1S/C29H30N4O4/c1-35-24-3-4-26-25(14-24)20(17-33-26)6-9-32-28(34)22-13-21(15-31-16-22)19-2-5-27-23(12-19)18-36-29(37-27)7-10-30-11-8-29/h2-5,12-17,30,33H,6-11,18H2,1H3,(H,32,34). The van der Waals surface area contributed by atoms with Gasteiger partial charge in [-0.15, -0.1) is 0 Å². The Bertz CT molecular complexity index is 1440. The lowest BCUT2D eigenvalue weighted by Crippen LogP contribution is -2.49. The summed E-state index contributed by atoms with van der Waals surface area (Å²) in [4.78, 5) is 20.5. The number of nitrogens with one attached hydrogen (secondary N) is 3. The van der Waals surface area contributed by atoms with Crippen molar-refractivity contribution >= 4 is 16.8 Å². The number of piperidine rings is 1. The van der Waals surface area contributed by atoms with Gasteiger partial charge < -0.3 is 29.8 Å². The number of ether oxygens (including phenoxy) is 3. The number of rotatable bonds is 6. The van der Waals surface area contributed by atoms with Gasteiger partial charge in [0.25, 0.3) is 5.91 Å². The normalized spacial score (nSPS) is 16.2. The molecule has 190 valence electrons. The molecule has 6 rings (SSSR count). The van der Waals surface area contributed by atoms with Crippen molar-refractivity contribution in [1.29, 1.82) is 0 Å². The van der Waals surface area contributed by atoms with Gasteiger partial charge in [-0.25, -0.2) is 0 Å². The van der Waals surface area contributed by atoms with Crippen LogP contribution in [0.5, 0.6) is 11.5 Å². The van der Waals surface area contributed by atoms with Crippen molar-refractivity contribution in [3.63, 3.8) is 0 Å². The first kappa shape index (κ1) is 23.5. The molecule has 8 heteroatoms. The third-order valence-electron chi connectivity index (χ3n) is 7.20. The SMILES string of the molecule is COc1ccc2[nH]cc(CCNC(=O)c3cncc(-c4ccc5c(c4)COC4(CCNCC4)O5)c3)c2c1. The Balaban J connectivity index is 1.12. The number of aromatic amines is 1. The summed E-state index contributed by atoms with van der Waals surface area (Å²) in [5, 5.41) is 7.47. The fourth-order valence-electron chi connectivity index (χ4n) is 5.09. The summed E-state index contributed by atoms with van der Waals surface area (Å²) in [6.07, 6.45) is 7.73. The molecule has 0 atom stereocenters. The number of carbonyl (C=O) groups is 1. The number of H-pyrrole nitrogens is 1. The van der Waals surface area contributed by atoms with Gasteiger partial charge in [0.2, 0.25) is 5.79 Å². The first-order valence-electron chi connectivity index (χ1n) is 12.7. The summed E-state index contributed by atoms with van der Waals surface area (Å²) >= 11 is 0. The molecule has 1 amide bonds. The van der Waals surface area contributed by atoms with Gasteiger partial charge in [-0.05, 0) is 53.9 Å². The molecule has 0 unspecified atom stereocenters. The van der Waals surface area contributed by atoms with Crippen LogP contribution in [0.1, 0.15) is 34.3 Å². The zero-order valence-electron chi connectivity index (χ0n) is 20.8.